The molecule has 0 heterocycles. The number of hydrogen-bond donors (Lipinski definition) is 2. The van der Waals surface area contributed by atoms with E-state index in [-0.39, 0.29) is 5.91 Å². The van der Waals surface area contributed by atoms with Gasteiger partial charge in [0.05, 0.1) is 13.0 Å². The molecular weight excluding hydrogens is 264 g/mol. The molecule has 0 bridgehead atoms. The number of ether oxygens (including phenoxy) is 1. The quantitative estimate of drug-likeness (QED) is 0.805. The van der Waals surface area contributed by atoms with Gasteiger partial charge in [0.2, 0.25) is 5.91 Å². The zero-order valence-electron chi connectivity index (χ0n) is 11.0. The Hall–Kier alpha value is -1.26. The topological polar surface area (TPSA) is 50.4 Å². The number of carbonyl (C=O) groups excluding carboxylic acids is 1. The second-order valence-electron chi connectivity index (χ2n) is 4.68. The van der Waals surface area contributed by atoms with Gasteiger partial charge < -0.3 is 15.4 Å². The Morgan fingerprint density at radius 3 is 2.95 bits per heavy atom. The Morgan fingerprint density at radius 1 is 1.47 bits per heavy atom. The average molecular weight is 283 g/mol. The summed E-state index contributed by atoms with van der Waals surface area (Å²) in [6.07, 6.45) is 2.84. The van der Waals surface area contributed by atoms with E-state index >= 15 is 0 Å². The van der Waals surface area contributed by atoms with Crippen molar-refractivity contribution in [2.45, 2.75) is 31.8 Å². The van der Waals surface area contributed by atoms with Gasteiger partial charge in [-0.3, -0.25) is 4.79 Å². The molecule has 2 N–H and O–H groups in total. The molecule has 0 unspecified atom stereocenters. The first-order chi connectivity index (χ1) is 9.19. The van der Waals surface area contributed by atoms with Crippen molar-refractivity contribution in [1.29, 1.82) is 0 Å². The largest absolute Gasteiger partial charge is 0.493 e. The molecule has 0 radical (unpaired) electrons. The number of nitrogens with one attached hydrogen (secondary N) is 2. The van der Waals surface area contributed by atoms with Gasteiger partial charge in [0.1, 0.15) is 5.75 Å². The summed E-state index contributed by atoms with van der Waals surface area (Å²) < 4.78 is 5.66. The summed E-state index contributed by atoms with van der Waals surface area (Å²) in [5.74, 6) is 0.771. The maximum atomic E-state index is 11.1. The van der Waals surface area contributed by atoms with Crippen molar-refractivity contribution < 1.29 is 9.53 Å². The summed E-state index contributed by atoms with van der Waals surface area (Å²) in [5.41, 5.74) is 1.04. The van der Waals surface area contributed by atoms with E-state index in [9.17, 15) is 4.79 Å². The first-order valence-electron chi connectivity index (χ1n) is 6.54. The monoisotopic (exact) mass is 282 g/mol. The van der Waals surface area contributed by atoms with Gasteiger partial charge in [0, 0.05) is 30.2 Å². The van der Waals surface area contributed by atoms with E-state index in [0.29, 0.717) is 24.1 Å². The minimum Gasteiger partial charge on any atom is -0.493 e. The van der Waals surface area contributed by atoms with Crippen LogP contribution in [-0.4, -0.2) is 25.6 Å². The van der Waals surface area contributed by atoms with Gasteiger partial charge in [-0.25, -0.2) is 0 Å². The van der Waals surface area contributed by atoms with Crippen molar-refractivity contribution in [1.82, 2.24) is 10.6 Å². The zero-order valence-corrected chi connectivity index (χ0v) is 11.8. The van der Waals surface area contributed by atoms with Crippen LogP contribution in [0.3, 0.4) is 0 Å². The molecule has 1 saturated carbocycles. The molecule has 1 aromatic carbocycles. The van der Waals surface area contributed by atoms with Crippen LogP contribution >= 0.6 is 11.6 Å². The van der Waals surface area contributed by atoms with E-state index in [0.717, 1.165) is 17.9 Å². The molecule has 0 spiro atoms. The highest BCUT2D eigenvalue weighted by molar-refractivity contribution is 6.30. The first kappa shape index (κ1) is 14.2. The number of halogens is 1. The Bertz CT molecular complexity index is 447. The van der Waals surface area contributed by atoms with E-state index in [4.69, 9.17) is 16.3 Å². The lowest BCUT2D eigenvalue weighted by atomic mass is 10.2. The standard InChI is InChI=1S/C14H19ClN2O2/c1-16-14(18)6-7-19-13-5-2-11(15)8-10(13)9-17-12-3-4-12/h2,5,8,12,17H,3-4,6-7,9H2,1H3,(H,16,18). The van der Waals surface area contributed by atoms with Gasteiger partial charge in [0.25, 0.3) is 0 Å². The lowest BCUT2D eigenvalue weighted by Gasteiger charge is -2.12. The van der Waals surface area contributed by atoms with Crippen molar-refractivity contribution in [3.8, 4) is 5.75 Å². The first-order valence-corrected chi connectivity index (χ1v) is 6.92. The van der Waals surface area contributed by atoms with Gasteiger partial charge >= 0.3 is 0 Å². The number of amides is 1. The highest BCUT2D eigenvalue weighted by Gasteiger charge is 2.20. The van der Waals surface area contributed by atoms with Crippen LogP contribution < -0.4 is 15.4 Å². The smallest absolute Gasteiger partial charge is 0.223 e. The van der Waals surface area contributed by atoms with Crippen LogP contribution in [0.5, 0.6) is 5.75 Å². The fourth-order valence-electron chi connectivity index (χ4n) is 1.75. The molecule has 1 fully saturated rings. The molecule has 0 saturated heterocycles. The summed E-state index contributed by atoms with van der Waals surface area (Å²) in [4.78, 5) is 11.1. The SMILES string of the molecule is CNC(=O)CCOc1ccc(Cl)cc1CNC1CC1. The Balaban J connectivity index is 1.91. The van der Waals surface area contributed by atoms with Crippen LogP contribution in [-0.2, 0) is 11.3 Å². The van der Waals surface area contributed by atoms with Gasteiger partial charge in [0.15, 0.2) is 0 Å². The summed E-state index contributed by atoms with van der Waals surface area (Å²) in [5, 5.41) is 6.70. The molecule has 104 valence electrons. The van der Waals surface area contributed by atoms with Crippen molar-refractivity contribution in [3.05, 3.63) is 28.8 Å². The Morgan fingerprint density at radius 2 is 2.26 bits per heavy atom. The minimum absolute atomic E-state index is 0.0216. The molecule has 2 rings (SSSR count). The molecule has 1 aromatic rings. The third-order valence-corrected chi connectivity index (χ3v) is 3.28. The summed E-state index contributed by atoms with van der Waals surface area (Å²) in [6, 6.07) is 6.21. The molecule has 0 aromatic heterocycles. The van der Waals surface area contributed by atoms with E-state index in [2.05, 4.69) is 10.6 Å². The van der Waals surface area contributed by atoms with E-state index in [1.807, 2.05) is 12.1 Å². The van der Waals surface area contributed by atoms with Crippen LogP contribution in [0, 0.1) is 0 Å². The van der Waals surface area contributed by atoms with Crippen LogP contribution in [0.15, 0.2) is 18.2 Å². The van der Waals surface area contributed by atoms with Gasteiger partial charge in [-0.1, -0.05) is 11.6 Å². The number of carbonyl (C=O) groups is 1. The molecule has 19 heavy (non-hydrogen) atoms. The number of rotatable bonds is 7. The van der Waals surface area contributed by atoms with Crippen molar-refractivity contribution in [3.63, 3.8) is 0 Å². The second kappa shape index (κ2) is 6.78. The summed E-state index contributed by atoms with van der Waals surface area (Å²) >= 11 is 6.01. The minimum atomic E-state index is -0.0216. The van der Waals surface area contributed by atoms with Gasteiger partial charge in [-0.05, 0) is 31.0 Å². The maximum absolute atomic E-state index is 11.1. The Kier molecular flexibility index (Phi) is 5.05. The van der Waals surface area contributed by atoms with Crippen LogP contribution in [0.4, 0.5) is 0 Å². The summed E-state index contributed by atoms with van der Waals surface area (Å²) in [6.45, 7) is 1.12. The average Bonchev–Trinajstić information content (AvgIpc) is 3.22. The van der Waals surface area contributed by atoms with Crippen molar-refractivity contribution >= 4 is 17.5 Å². The maximum Gasteiger partial charge on any atom is 0.223 e. The van der Waals surface area contributed by atoms with Crippen molar-refractivity contribution in [2.24, 2.45) is 0 Å². The van der Waals surface area contributed by atoms with Gasteiger partial charge in [-0.2, -0.15) is 0 Å². The number of hydrogen-bond acceptors (Lipinski definition) is 3. The molecule has 1 amide bonds. The molecular formula is C14H19ClN2O2. The highest BCUT2D eigenvalue weighted by Crippen LogP contribution is 2.25. The Labute approximate surface area is 118 Å². The van der Waals surface area contributed by atoms with Crippen LogP contribution in [0.25, 0.3) is 0 Å². The zero-order chi connectivity index (χ0) is 13.7. The normalized spacial score (nSPS) is 14.2. The third-order valence-electron chi connectivity index (χ3n) is 3.05. The van der Waals surface area contributed by atoms with E-state index < -0.39 is 0 Å². The van der Waals surface area contributed by atoms with Crippen LogP contribution in [0.2, 0.25) is 5.02 Å². The summed E-state index contributed by atoms with van der Waals surface area (Å²) in [7, 11) is 1.62. The lowest BCUT2D eigenvalue weighted by molar-refractivity contribution is -0.121. The molecule has 1 aliphatic rings. The highest BCUT2D eigenvalue weighted by atomic mass is 35.5. The number of benzene rings is 1. The fraction of sp³-hybridized carbons (Fsp3) is 0.500. The predicted molar refractivity (Wildman–Crippen MR) is 75.5 cm³/mol. The fourth-order valence-corrected chi connectivity index (χ4v) is 1.94. The molecule has 0 aliphatic heterocycles. The molecule has 0 atom stereocenters. The van der Waals surface area contributed by atoms with E-state index in [1.54, 1.807) is 13.1 Å². The molecule has 5 heteroatoms. The molecule has 1 aliphatic carbocycles. The lowest BCUT2D eigenvalue weighted by Crippen LogP contribution is -2.20. The van der Waals surface area contributed by atoms with Gasteiger partial charge in [-0.15, -0.1) is 0 Å². The predicted octanol–water partition coefficient (Wildman–Crippen LogP) is 2.11. The third kappa shape index (κ3) is 4.73. The molecule has 4 nitrogen and oxygen atoms in total. The van der Waals surface area contributed by atoms with Crippen molar-refractivity contribution in [2.75, 3.05) is 13.7 Å². The second-order valence-corrected chi connectivity index (χ2v) is 5.12. The van der Waals surface area contributed by atoms with E-state index in [1.165, 1.54) is 12.8 Å². The van der Waals surface area contributed by atoms with Crippen LogP contribution in [0.1, 0.15) is 24.8 Å².